The molecule has 144 valence electrons. The average molecular weight is 447 g/mol. The van der Waals surface area contributed by atoms with Crippen LogP contribution in [0.25, 0.3) is 0 Å². The Morgan fingerprint density at radius 2 is 1.56 bits per heavy atom. The fourth-order valence-electron chi connectivity index (χ4n) is 3.03. The lowest BCUT2D eigenvalue weighted by atomic mass is 10.2. The summed E-state index contributed by atoms with van der Waals surface area (Å²) in [6.07, 6.45) is 0.393. The Morgan fingerprint density at radius 1 is 0.926 bits per heavy atom. The van der Waals surface area contributed by atoms with Crippen LogP contribution in [0.1, 0.15) is 6.42 Å². The molecule has 0 spiro atoms. The van der Waals surface area contributed by atoms with Gasteiger partial charge in [-0.25, -0.2) is 0 Å². The highest BCUT2D eigenvalue weighted by atomic mass is 35.5. The summed E-state index contributed by atoms with van der Waals surface area (Å²) in [5.41, 5.74) is 1.61. The van der Waals surface area contributed by atoms with Crippen molar-refractivity contribution < 1.29 is 4.79 Å². The lowest BCUT2D eigenvalue weighted by molar-refractivity contribution is -0.116. The molecule has 1 aliphatic heterocycles. The van der Waals surface area contributed by atoms with Crippen LogP contribution in [0.5, 0.6) is 0 Å². The number of nitrogens with zero attached hydrogens (tertiary/aromatic N) is 2. The van der Waals surface area contributed by atoms with E-state index in [-0.39, 0.29) is 10.9 Å². The molecule has 0 saturated carbocycles. The number of hydrogen-bond donors (Lipinski definition) is 1. The maximum atomic E-state index is 12.2. The molecule has 2 aromatic carbocycles. The number of para-hydroxylation sites is 1. The van der Waals surface area contributed by atoms with Gasteiger partial charge in [-0.1, -0.05) is 58.5 Å². The molecule has 0 unspecified atom stereocenters. The molecule has 2 aromatic rings. The summed E-state index contributed by atoms with van der Waals surface area (Å²) in [7, 11) is 0. The first-order valence-electron chi connectivity index (χ1n) is 8.60. The number of carbonyl (C=O) groups excluding carboxylic acids is 1. The highest BCUT2D eigenvalue weighted by molar-refractivity contribution is 6.48. The van der Waals surface area contributed by atoms with E-state index in [0.717, 1.165) is 36.9 Å². The van der Waals surface area contributed by atoms with Crippen LogP contribution in [-0.4, -0.2) is 43.5 Å². The third-order valence-corrected chi connectivity index (χ3v) is 6.00. The molecule has 1 amide bonds. The van der Waals surface area contributed by atoms with Crippen molar-refractivity contribution in [1.82, 2.24) is 4.90 Å². The highest BCUT2D eigenvalue weighted by Crippen LogP contribution is 2.33. The van der Waals surface area contributed by atoms with Gasteiger partial charge in [0.15, 0.2) is 0 Å². The van der Waals surface area contributed by atoms with Crippen molar-refractivity contribution in [2.45, 2.75) is 6.42 Å². The lowest BCUT2D eigenvalue weighted by Crippen LogP contribution is -2.47. The summed E-state index contributed by atoms with van der Waals surface area (Å²) in [5, 5.41) is 4.50. The van der Waals surface area contributed by atoms with Gasteiger partial charge in [-0.2, -0.15) is 0 Å². The molecule has 0 aliphatic carbocycles. The zero-order chi connectivity index (χ0) is 19.4. The minimum Gasteiger partial charge on any atom is -0.368 e. The zero-order valence-electron chi connectivity index (χ0n) is 14.5. The number of benzene rings is 2. The van der Waals surface area contributed by atoms with Gasteiger partial charge >= 0.3 is 0 Å². The Balaban J connectivity index is 1.46. The number of carbonyl (C=O) groups is 1. The second-order valence-electron chi connectivity index (χ2n) is 6.33. The summed E-state index contributed by atoms with van der Waals surface area (Å²) < 4.78 is 0. The number of piperazine rings is 1. The van der Waals surface area contributed by atoms with Crippen molar-refractivity contribution in [3.63, 3.8) is 0 Å². The minimum atomic E-state index is -0.0852. The van der Waals surface area contributed by atoms with E-state index in [1.807, 2.05) is 24.3 Å². The number of nitrogens with one attached hydrogen (secondary N) is 1. The van der Waals surface area contributed by atoms with Crippen LogP contribution in [0, 0.1) is 0 Å². The Bertz CT molecular complexity index is 799. The normalized spacial score (nSPS) is 15.0. The topological polar surface area (TPSA) is 35.6 Å². The molecule has 1 heterocycles. The van der Waals surface area contributed by atoms with E-state index in [1.54, 1.807) is 12.1 Å². The van der Waals surface area contributed by atoms with Gasteiger partial charge in [0.1, 0.15) is 0 Å². The smallest absolute Gasteiger partial charge is 0.225 e. The Hall–Kier alpha value is -1.17. The third kappa shape index (κ3) is 5.43. The van der Waals surface area contributed by atoms with Crippen LogP contribution in [-0.2, 0) is 4.79 Å². The predicted molar refractivity (Wildman–Crippen MR) is 115 cm³/mol. The van der Waals surface area contributed by atoms with E-state index in [1.165, 1.54) is 0 Å². The quantitative estimate of drug-likeness (QED) is 0.620. The summed E-state index contributed by atoms with van der Waals surface area (Å²) in [4.78, 5) is 16.8. The van der Waals surface area contributed by atoms with E-state index in [0.29, 0.717) is 28.7 Å². The summed E-state index contributed by atoms with van der Waals surface area (Å²) in [6.45, 7) is 4.23. The van der Waals surface area contributed by atoms with E-state index in [4.69, 9.17) is 46.4 Å². The Labute approximate surface area is 178 Å². The standard InChI is InChI=1S/C19H19Cl4N3O/c20-14-3-1-2-4-17(14)26-9-7-25(8-10-26)6-5-18(27)24-13-11-15(21)19(23)16(22)12-13/h1-4,11-12H,5-10H2,(H,24,27). The van der Waals surface area contributed by atoms with Crippen LogP contribution < -0.4 is 10.2 Å². The largest absolute Gasteiger partial charge is 0.368 e. The average Bonchev–Trinajstić information content (AvgIpc) is 2.65. The summed E-state index contributed by atoms with van der Waals surface area (Å²) in [6, 6.07) is 11.1. The van der Waals surface area contributed by atoms with Gasteiger partial charge in [0.2, 0.25) is 5.91 Å². The highest BCUT2D eigenvalue weighted by Gasteiger charge is 2.19. The van der Waals surface area contributed by atoms with Crippen molar-refractivity contribution in [2.24, 2.45) is 0 Å². The number of anilines is 2. The second-order valence-corrected chi connectivity index (χ2v) is 7.93. The van der Waals surface area contributed by atoms with Crippen LogP contribution in [0.3, 0.4) is 0 Å². The van der Waals surface area contributed by atoms with Crippen molar-refractivity contribution in [2.75, 3.05) is 42.9 Å². The number of amides is 1. The van der Waals surface area contributed by atoms with E-state index >= 15 is 0 Å². The molecule has 0 radical (unpaired) electrons. The molecular weight excluding hydrogens is 428 g/mol. The van der Waals surface area contributed by atoms with Gasteiger partial charge in [-0.15, -0.1) is 0 Å². The van der Waals surface area contributed by atoms with Gasteiger partial charge in [0.25, 0.3) is 0 Å². The van der Waals surface area contributed by atoms with E-state index < -0.39 is 0 Å². The van der Waals surface area contributed by atoms with Gasteiger partial charge in [0, 0.05) is 44.8 Å². The van der Waals surface area contributed by atoms with Crippen molar-refractivity contribution in [1.29, 1.82) is 0 Å². The fourth-order valence-corrected chi connectivity index (χ4v) is 3.88. The Kier molecular flexibility index (Phi) is 7.12. The minimum absolute atomic E-state index is 0.0852. The van der Waals surface area contributed by atoms with Crippen molar-refractivity contribution in [3.05, 3.63) is 56.5 Å². The number of hydrogen-bond acceptors (Lipinski definition) is 3. The maximum absolute atomic E-state index is 12.2. The molecule has 1 saturated heterocycles. The van der Waals surface area contributed by atoms with Gasteiger partial charge < -0.3 is 10.2 Å². The second kappa shape index (κ2) is 9.35. The molecule has 3 rings (SSSR count). The Morgan fingerprint density at radius 3 is 2.19 bits per heavy atom. The number of halogens is 4. The number of rotatable bonds is 5. The lowest BCUT2D eigenvalue weighted by Gasteiger charge is -2.36. The predicted octanol–water partition coefficient (Wildman–Crippen LogP) is 5.45. The molecular formula is C19H19Cl4N3O. The van der Waals surface area contributed by atoms with Gasteiger partial charge in [-0.05, 0) is 24.3 Å². The third-order valence-electron chi connectivity index (χ3n) is 4.49. The van der Waals surface area contributed by atoms with E-state index in [2.05, 4.69) is 15.1 Å². The summed E-state index contributed by atoms with van der Waals surface area (Å²) >= 11 is 24.2. The van der Waals surface area contributed by atoms with Crippen LogP contribution >= 0.6 is 46.4 Å². The zero-order valence-corrected chi connectivity index (χ0v) is 17.5. The first kappa shape index (κ1) is 20.6. The van der Waals surface area contributed by atoms with Crippen molar-refractivity contribution in [3.8, 4) is 0 Å². The van der Waals surface area contributed by atoms with Gasteiger partial charge in [-0.3, -0.25) is 9.69 Å². The van der Waals surface area contributed by atoms with Gasteiger partial charge in [0.05, 0.1) is 25.8 Å². The molecule has 0 bridgehead atoms. The molecule has 4 nitrogen and oxygen atoms in total. The monoisotopic (exact) mass is 445 g/mol. The molecule has 8 heteroatoms. The van der Waals surface area contributed by atoms with Crippen LogP contribution in [0.15, 0.2) is 36.4 Å². The van der Waals surface area contributed by atoms with Crippen molar-refractivity contribution >= 4 is 63.7 Å². The molecule has 1 fully saturated rings. The molecule has 0 aromatic heterocycles. The SMILES string of the molecule is O=C(CCN1CCN(c2ccccc2Cl)CC1)Nc1cc(Cl)c(Cl)c(Cl)c1. The fraction of sp³-hybridized carbons (Fsp3) is 0.316. The molecule has 0 atom stereocenters. The first-order chi connectivity index (χ1) is 12.9. The maximum Gasteiger partial charge on any atom is 0.225 e. The molecule has 1 aliphatic rings. The molecule has 1 N–H and O–H groups in total. The first-order valence-corrected chi connectivity index (χ1v) is 10.1. The molecule has 27 heavy (non-hydrogen) atoms. The van der Waals surface area contributed by atoms with Crippen LogP contribution in [0.4, 0.5) is 11.4 Å². The van der Waals surface area contributed by atoms with Crippen LogP contribution in [0.2, 0.25) is 20.1 Å². The van der Waals surface area contributed by atoms with E-state index in [9.17, 15) is 4.79 Å². The summed E-state index contributed by atoms with van der Waals surface area (Å²) in [5.74, 6) is -0.0852.